The molecule has 1 rings (SSSR count). The third-order valence-electron chi connectivity index (χ3n) is 1.33. The van der Waals surface area contributed by atoms with Gasteiger partial charge in [-0.05, 0) is 24.6 Å². The van der Waals surface area contributed by atoms with Gasteiger partial charge in [-0.3, -0.25) is 0 Å². The van der Waals surface area contributed by atoms with Crippen LogP contribution < -0.4 is 0 Å². The Morgan fingerprint density at radius 3 is 2.20 bits per heavy atom. The van der Waals surface area contributed by atoms with Crippen LogP contribution in [0.2, 0.25) is 0 Å². The van der Waals surface area contributed by atoms with Gasteiger partial charge >= 0.3 is 0 Å². The lowest BCUT2D eigenvalue weighted by Gasteiger charge is -2.01. The Labute approximate surface area is 74.3 Å². The summed E-state index contributed by atoms with van der Waals surface area (Å²) in [6.45, 7) is 1.96. The van der Waals surface area contributed by atoms with Gasteiger partial charge < -0.3 is 0 Å². The summed E-state index contributed by atoms with van der Waals surface area (Å²) in [7, 11) is 0. The van der Waals surface area contributed by atoms with Crippen LogP contribution in [0.5, 0.6) is 0 Å². The zero-order valence-corrected chi connectivity index (χ0v) is 7.98. The Kier molecular flexibility index (Phi) is 2.75. The largest absolute Gasteiger partial charge is 0.118 e. The van der Waals surface area contributed by atoms with Crippen LogP contribution in [0.3, 0.4) is 0 Å². The number of halogens is 2. The summed E-state index contributed by atoms with van der Waals surface area (Å²) in [6, 6.07) is 8.02. The third-order valence-corrected chi connectivity index (χ3v) is 2.11. The zero-order chi connectivity index (χ0) is 7.56. The van der Waals surface area contributed by atoms with Gasteiger partial charge in [-0.2, -0.15) is 0 Å². The smallest absolute Gasteiger partial charge is 0.0557 e. The van der Waals surface area contributed by atoms with Crippen molar-refractivity contribution in [1.29, 1.82) is 0 Å². The van der Waals surface area contributed by atoms with Gasteiger partial charge in [-0.15, -0.1) is 11.6 Å². The molecule has 0 nitrogen and oxygen atoms in total. The number of alkyl halides is 1. The molecule has 0 aliphatic carbocycles. The zero-order valence-electron chi connectivity index (χ0n) is 5.64. The molecular formula is C8H8BrCl. The molecule has 0 radical (unpaired) electrons. The van der Waals surface area contributed by atoms with Gasteiger partial charge in [0.2, 0.25) is 0 Å². The van der Waals surface area contributed by atoms with E-state index in [-0.39, 0.29) is 5.38 Å². The average Bonchev–Trinajstić information content (AvgIpc) is 1.88. The van der Waals surface area contributed by atoms with Crippen molar-refractivity contribution in [3.8, 4) is 0 Å². The summed E-state index contributed by atoms with van der Waals surface area (Å²) < 4.78 is 1.09. The first-order chi connectivity index (χ1) is 4.70. The van der Waals surface area contributed by atoms with Crippen LogP contribution in [-0.4, -0.2) is 0 Å². The molecule has 0 fully saturated rings. The van der Waals surface area contributed by atoms with Crippen LogP contribution in [0.25, 0.3) is 0 Å². The highest BCUT2D eigenvalue weighted by atomic mass is 79.9. The fourth-order valence-corrected chi connectivity index (χ4v) is 1.14. The second-order valence-corrected chi connectivity index (χ2v) is 3.74. The fraction of sp³-hybridized carbons (Fsp3) is 0.250. The first-order valence-corrected chi connectivity index (χ1v) is 4.32. The van der Waals surface area contributed by atoms with Crippen LogP contribution in [-0.2, 0) is 0 Å². The van der Waals surface area contributed by atoms with E-state index in [2.05, 4.69) is 15.9 Å². The average molecular weight is 220 g/mol. The Bertz CT molecular complexity index is 203. The predicted molar refractivity (Wildman–Crippen MR) is 48.4 cm³/mol. The maximum atomic E-state index is 5.84. The molecule has 0 bridgehead atoms. The Morgan fingerprint density at radius 2 is 1.80 bits per heavy atom. The lowest BCUT2D eigenvalue weighted by Crippen LogP contribution is -1.81. The van der Waals surface area contributed by atoms with Gasteiger partial charge in [0.1, 0.15) is 0 Å². The molecule has 0 aromatic heterocycles. The molecule has 10 heavy (non-hydrogen) atoms. The molecule has 0 N–H and O–H groups in total. The van der Waals surface area contributed by atoms with Gasteiger partial charge in [0, 0.05) is 4.47 Å². The molecule has 0 amide bonds. The lowest BCUT2D eigenvalue weighted by atomic mass is 10.2. The number of rotatable bonds is 1. The van der Waals surface area contributed by atoms with Crippen molar-refractivity contribution in [1.82, 2.24) is 0 Å². The number of hydrogen-bond donors (Lipinski definition) is 0. The van der Waals surface area contributed by atoms with Crippen molar-refractivity contribution >= 4 is 27.5 Å². The molecular weight excluding hydrogens is 211 g/mol. The number of hydrogen-bond acceptors (Lipinski definition) is 0. The standard InChI is InChI=1S/C8H8BrCl/c1-6(10)7-2-4-8(9)5-3-7/h2-6H,1H3/t6-/m0/s1. The van der Waals surface area contributed by atoms with Gasteiger partial charge in [0.15, 0.2) is 0 Å². The van der Waals surface area contributed by atoms with Crippen LogP contribution in [0, 0.1) is 0 Å². The van der Waals surface area contributed by atoms with Crippen molar-refractivity contribution in [3.05, 3.63) is 34.3 Å². The molecule has 0 aliphatic heterocycles. The van der Waals surface area contributed by atoms with E-state index in [1.807, 2.05) is 31.2 Å². The van der Waals surface area contributed by atoms with Crippen molar-refractivity contribution in [2.75, 3.05) is 0 Å². The minimum Gasteiger partial charge on any atom is -0.118 e. The molecule has 0 aliphatic rings. The third kappa shape index (κ3) is 1.99. The van der Waals surface area contributed by atoms with Crippen LogP contribution in [0.1, 0.15) is 17.9 Å². The highest BCUT2D eigenvalue weighted by Gasteiger charge is 1.98. The highest BCUT2D eigenvalue weighted by molar-refractivity contribution is 9.10. The van der Waals surface area contributed by atoms with E-state index in [0.29, 0.717) is 0 Å². The maximum Gasteiger partial charge on any atom is 0.0557 e. The summed E-state index contributed by atoms with van der Waals surface area (Å²) in [5, 5.41) is 0.105. The second-order valence-electron chi connectivity index (χ2n) is 2.17. The highest BCUT2D eigenvalue weighted by Crippen LogP contribution is 2.20. The monoisotopic (exact) mass is 218 g/mol. The van der Waals surface area contributed by atoms with Crippen molar-refractivity contribution < 1.29 is 0 Å². The fourth-order valence-electron chi connectivity index (χ4n) is 0.728. The Morgan fingerprint density at radius 1 is 1.30 bits per heavy atom. The van der Waals surface area contributed by atoms with Crippen molar-refractivity contribution in [2.45, 2.75) is 12.3 Å². The van der Waals surface area contributed by atoms with Crippen LogP contribution in [0.15, 0.2) is 28.7 Å². The van der Waals surface area contributed by atoms with Crippen molar-refractivity contribution in [3.63, 3.8) is 0 Å². The van der Waals surface area contributed by atoms with E-state index in [9.17, 15) is 0 Å². The molecule has 0 spiro atoms. The maximum absolute atomic E-state index is 5.84. The molecule has 0 heterocycles. The van der Waals surface area contributed by atoms with E-state index in [0.717, 1.165) is 10.0 Å². The van der Waals surface area contributed by atoms with Gasteiger partial charge in [0.05, 0.1) is 5.38 Å². The molecule has 1 aromatic rings. The summed E-state index contributed by atoms with van der Waals surface area (Å²) in [5.74, 6) is 0. The van der Waals surface area contributed by atoms with E-state index >= 15 is 0 Å². The Hall–Kier alpha value is -0.0100. The second kappa shape index (κ2) is 3.40. The minimum atomic E-state index is 0.105. The molecule has 0 saturated carbocycles. The first-order valence-electron chi connectivity index (χ1n) is 3.09. The topological polar surface area (TPSA) is 0 Å². The lowest BCUT2D eigenvalue weighted by molar-refractivity contribution is 1.08. The molecule has 1 aromatic carbocycles. The Balaban J connectivity index is 2.89. The van der Waals surface area contributed by atoms with E-state index < -0.39 is 0 Å². The quantitative estimate of drug-likeness (QED) is 0.631. The molecule has 0 saturated heterocycles. The van der Waals surface area contributed by atoms with Crippen molar-refractivity contribution in [2.24, 2.45) is 0 Å². The van der Waals surface area contributed by atoms with Gasteiger partial charge in [-0.1, -0.05) is 28.1 Å². The molecule has 1 atom stereocenters. The van der Waals surface area contributed by atoms with E-state index in [1.54, 1.807) is 0 Å². The summed E-state index contributed by atoms with van der Waals surface area (Å²) in [6.07, 6.45) is 0. The first kappa shape index (κ1) is 8.09. The van der Waals surface area contributed by atoms with E-state index in [1.165, 1.54) is 0 Å². The molecule has 0 unspecified atom stereocenters. The summed E-state index contributed by atoms with van der Waals surface area (Å²) in [5.41, 5.74) is 1.16. The number of benzene rings is 1. The van der Waals surface area contributed by atoms with Gasteiger partial charge in [0.25, 0.3) is 0 Å². The molecule has 2 heteroatoms. The van der Waals surface area contributed by atoms with Gasteiger partial charge in [-0.25, -0.2) is 0 Å². The normalized spacial score (nSPS) is 13.1. The minimum absolute atomic E-state index is 0.105. The predicted octanol–water partition coefficient (Wildman–Crippen LogP) is 3.75. The SMILES string of the molecule is C[C@H](Cl)c1ccc(Br)cc1. The van der Waals surface area contributed by atoms with Crippen LogP contribution in [0.4, 0.5) is 0 Å². The molecule has 54 valence electrons. The van der Waals surface area contributed by atoms with E-state index in [4.69, 9.17) is 11.6 Å². The summed E-state index contributed by atoms with van der Waals surface area (Å²) >= 11 is 9.19. The summed E-state index contributed by atoms with van der Waals surface area (Å²) in [4.78, 5) is 0. The van der Waals surface area contributed by atoms with Crippen LogP contribution >= 0.6 is 27.5 Å².